The third-order valence-corrected chi connectivity index (χ3v) is 3.34. The fourth-order valence-corrected chi connectivity index (χ4v) is 2.31. The first-order valence-corrected chi connectivity index (χ1v) is 6.97. The summed E-state index contributed by atoms with van der Waals surface area (Å²) in [6.07, 6.45) is 0.0590. The van der Waals surface area contributed by atoms with Crippen LogP contribution in [0.2, 0.25) is 0 Å². The number of hydrogen-bond donors (Lipinski definition) is 1. The number of benzene rings is 2. The van der Waals surface area contributed by atoms with E-state index in [1.54, 1.807) is 0 Å². The van der Waals surface area contributed by atoms with Gasteiger partial charge in [-0.3, -0.25) is 9.59 Å². The van der Waals surface area contributed by atoms with E-state index in [2.05, 4.69) is 0 Å². The van der Waals surface area contributed by atoms with Gasteiger partial charge in [-0.05, 0) is 29.7 Å². The van der Waals surface area contributed by atoms with Crippen LogP contribution in [-0.4, -0.2) is 17.0 Å². The minimum atomic E-state index is -0.898. The lowest BCUT2D eigenvalue weighted by atomic mass is 10.0. The lowest BCUT2D eigenvalue weighted by Gasteiger charge is -2.15. The Balaban J connectivity index is 2.03. The number of esters is 1. The average Bonchev–Trinajstić information content (AvgIpc) is 2.46. The van der Waals surface area contributed by atoms with E-state index < -0.39 is 5.97 Å². The Morgan fingerprint density at radius 2 is 1.81 bits per heavy atom. The number of carbonyl (C=O) groups excluding carboxylic acids is 1. The first-order chi connectivity index (χ1) is 10.1. The first kappa shape index (κ1) is 15.0. The number of hydrogen-bond acceptors (Lipinski definition) is 3. The average molecular weight is 286 g/mol. The van der Waals surface area contributed by atoms with Gasteiger partial charge in [0, 0.05) is 12.8 Å². The molecule has 0 saturated heterocycles. The molecular formula is C17H18O4. The van der Waals surface area contributed by atoms with Crippen LogP contribution in [0, 0.1) is 0 Å². The van der Waals surface area contributed by atoms with Gasteiger partial charge in [-0.25, -0.2) is 0 Å². The minimum absolute atomic E-state index is 0.0161. The highest BCUT2D eigenvalue weighted by molar-refractivity contribution is 5.86. The largest absolute Gasteiger partial charge is 0.481 e. The van der Waals surface area contributed by atoms with Gasteiger partial charge in [0.1, 0.15) is 6.10 Å². The highest BCUT2D eigenvalue weighted by Crippen LogP contribution is 2.26. The second kappa shape index (κ2) is 6.88. The monoisotopic (exact) mass is 286 g/mol. The maximum Gasteiger partial charge on any atom is 0.306 e. The standard InChI is InChI=1S/C17H18O4/c1-12(21-17(20)11-5-10-16(18)19)14-9-4-7-13-6-2-3-8-15(13)14/h2-4,6-9,12H,5,10-11H2,1H3,(H,18,19). The predicted molar refractivity (Wildman–Crippen MR) is 79.9 cm³/mol. The van der Waals surface area contributed by atoms with E-state index in [9.17, 15) is 9.59 Å². The molecule has 0 spiro atoms. The summed E-state index contributed by atoms with van der Waals surface area (Å²) < 4.78 is 5.39. The molecule has 0 aliphatic carbocycles. The number of ether oxygens (including phenoxy) is 1. The molecule has 4 heteroatoms. The van der Waals surface area contributed by atoms with E-state index in [0.717, 1.165) is 16.3 Å². The fraction of sp³-hybridized carbons (Fsp3) is 0.294. The van der Waals surface area contributed by atoms with Crippen molar-refractivity contribution in [3.05, 3.63) is 48.0 Å². The quantitative estimate of drug-likeness (QED) is 0.822. The second-order valence-electron chi connectivity index (χ2n) is 4.95. The summed E-state index contributed by atoms with van der Waals surface area (Å²) in [6, 6.07) is 13.8. The van der Waals surface area contributed by atoms with E-state index >= 15 is 0 Å². The number of carboxylic acids is 1. The maximum absolute atomic E-state index is 11.7. The Morgan fingerprint density at radius 1 is 1.10 bits per heavy atom. The minimum Gasteiger partial charge on any atom is -0.481 e. The SMILES string of the molecule is CC(OC(=O)CCCC(=O)O)c1cccc2ccccc12. The molecule has 0 heterocycles. The van der Waals surface area contributed by atoms with Crippen LogP contribution in [0.15, 0.2) is 42.5 Å². The number of carbonyl (C=O) groups is 2. The zero-order chi connectivity index (χ0) is 15.2. The molecule has 2 rings (SSSR count). The van der Waals surface area contributed by atoms with Gasteiger partial charge in [0.25, 0.3) is 0 Å². The number of fused-ring (bicyclic) bond motifs is 1. The molecule has 2 aromatic rings. The number of carboxylic acid groups (broad SMARTS) is 1. The molecule has 2 aromatic carbocycles. The van der Waals surface area contributed by atoms with Crippen molar-refractivity contribution in [2.24, 2.45) is 0 Å². The third kappa shape index (κ3) is 4.05. The maximum atomic E-state index is 11.7. The molecule has 0 aromatic heterocycles. The second-order valence-corrected chi connectivity index (χ2v) is 4.95. The van der Waals surface area contributed by atoms with Crippen LogP contribution in [0.25, 0.3) is 10.8 Å². The van der Waals surface area contributed by atoms with Crippen LogP contribution in [0.4, 0.5) is 0 Å². The number of aliphatic carboxylic acids is 1. The van der Waals surface area contributed by atoms with Gasteiger partial charge in [-0.1, -0.05) is 42.5 Å². The van der Waals surface area contributed by atoms with Gasteiger partial charge >= 0.3 is 11.9 Å². The molecule has 0 radical (unpaired) electrons. The highest BCUT2D eigenvalue weighted by atomic mass is 16.5. The lowest BCUT2D eigenvalue weighted by Crippen LogP contribution is -2.09. The van der Waals surface area contributed by atoms with E-state index in [1.807, 2.05) is 49.4 Å². The fourth-order valence-electron chi connectivity index (χ4n) is 2.31. The molecule has 1 unspecified atom stereocenters. The first-order valence-electron chi connectivity index (χ1n) is 6.97. The van der Waals surface area contributed by atoms with Crippen molar-refractivity contribution in [1.29, 1.82) is 0 Å². The summed E-state index contributed by atoms with van der Waals surface area (Å²) in [4.78, 5) is 22.1. The highest BCUT2D eigenvalue weighted by Gasteiger charge is 2.14. The Kier molecular flexibility index (Phi) is 4.93. The summed E-state index contributed by atoms with van der Waals surface area (Å²) in [6.45, 7) is 1.83. The molecule has 110 valence electrons. The van der Waals surface area contributed by atoms with Crippen molar-refractivity contribution in [2.75, 3.05) is 0 Å². The van der Waals surface area contributed by atoms with Crippen molar-refractivity contribution in [3.8, 4) is 0 Å². The van der Waals surface area contributed by atoms with E-state index in [4.69, 9.17) is 9.84 Å². The van der Waals surface area contributed by atoms with Crippen molar-refractivity contribution in [1.82, 2.24) is 0 Å². The normalized spacial score (nSPS) is 12.0. The van der Waals surface area contributed by atoms with Crippen molar-refractivity contribution in [2.45, 2.75) is 32.3 Å². The zero-order valence-corrected chi connectivity index (χ0v) is 11.9. The summed E-state index contributed by atoms with van der Waals surface area (Å²) in [5.74, 6) is -1.26. The van der Waals surface area contributed by atoms with Crippen molar-refractivity contribution < 1.29 is 19.4 Å². The van der Waals surface area contributed by atoms with Gasteiger partial charge in [-0.2, -0.15) is 0 Å². The molecule has 0 aliphatic rings. The van der Waals surface area contributed by atoms with Crippen LogP contribution < -0.4 is 0 Å². The molecule has 0 saturated carbocycles. The topological polar surface area (TPSA) is 63.6 Å². The Labute approximate surface area is 123 Å². The lowest BCUT2D eigenvalue weighted by molar-refractivity contribution is -0.148. The zero-order valence-electron chi connectivity index (χ0n) is 11.9. The summed E-state index contributed by atoms with van der Waals surface area (Å²) in [5.41, 5.74) is 0.958. The molecular weight excluding hydrogens is 268 g/mol. The van der Waals surface area contributed by atoms with Crippen molar-refractivity contribution in [3.63, 3.8) is 0 Å². The summed E-state index contributed by atoms with van der Waals surface area (Å²) in [5, 5.41) is 10.7. The van der Waals surface area contributed by atoms with Crippen LogP contribution >= 0.6 is 0 Å². The van der Waals surface area contributed by atoms with Gasteiger partial charge in [-0.15, -0.1) is 0 Å². The van der Waals surface area contributed by atoms with Gasteiger partial charge < -0.3 is 9.84 Å². The van der Waals surface area contributed by atoms with Crippen LogP contribution in [-0.2, 0) is 14.3 Å². The van der Waals surface area contributed by atoms with E-state index in [-0.39, 0.29) is 24.9 Å². The van der Waals surface area contributed by atoms with Gasteiger partial charge in [0.2, 0.25) is 0 Å². The third-order valence-electron chi connectivity index (χ3n) is 3.34. The molecule has 1 atom stereocenters. The molecule has 0 fully saturated rings. The molecule has 4 nitrogen and oxygen atoms in total. The van der Waals surface area contributed by atoms with E-state index in [0.29, 0.717) is 6.42 Å². The predicted octanol–water partition coefficient (Wildman–Crippen LogP) is 3.70. The Morgan fingerprint density at radius 3 is 2.57 bits per heavy atom. The molecule has 0 bridgehead atoms. The van der Waals surface area contributed by atoms with Crippen LogP contribution in [0.3, 0.4) is 0 Å². The van der Waals surface area contributed by atoms with Crippen LogP contribution in [0.1, 0.15) is 37.9 Å². The van der Waals surface area contributed by atoms with E-state index in [1.165, 1.54) is 0 Å². The summed E-state index contributed by atoms with van der Waals surface area (Å²) in [7, 11) is 0. The molecule has 0 aliphatic heterocycles. The smallest absolute Gasteiger partial charge is 0.306 e. The van der Waals surface area contributed by atoms with Crippen molar-refractivity contribution >= 4 is 22.7 Å². The van der Waals surface area contributed by atoms with Crippen LogP contribution in [0.5, 0.6) is 0 Å². The Bertz CT molecular complexity index is 643. The Hall–Kier alpha value is -2.36. The van der Waals surface area contributed by atoms with Gasteiger partial charge in [0.05, 0.1) is 0 Å². The molecule has 21 heavy (non-hydrogen) atoms. The molecule has 0 amide bonds. The summed E-state index contributed by atoms with van der Waals surface area (Å²) >= 11 is 0. The van der Waals surface area contributed by atoms with Gasteiger partial charge in [0.15, 0.2) is 0 Å². The number of rotatable bonds is 6. The molecule has 1 N–H and O–H groups in total.